The zero-order valence-electron chi connectivity index (χ0n) is 13.5. The number of aliphatic hydroxyl groups excluding tert-OH is 1. The van der Waals surface area contributed by atoms with Crippen LogP contribution in [0.3, 0.4) is 0 Å². The summed E-state index contributed by atoms with van der Waals surface area (Å²) in [5, 5.41) is 16.5. The van der Waals surface area contributed by atoms with E-state index in [-0.39, 0.29) is 24.1 Å². The summed E-state index contributed by atoms with van der Waals surface area (Å²) in [5.41, 5.74) is 1.94. The number of benzene rings is 1. The number of hydrogen-bond donors (Lipinski definition) is 2. The Morgan fingerprint density at radius 2 is 2.04 bits per heavy atom. The van der Waals surface area contributed by atoms with E-state index in [1.807, 2.05) is 44.2 Å². The summed E-state index contributed by atoms with van der Waals surface area (Å²) < 4.78 is 1.63. The van der Waals surface area contributed by atoms with Gasteiger partial charge < -0.3 is 10.4 Å². The smallest absolute Gasteiger partial charge is 0.270 e. The van der Waals surface area contributed by atoms with Crippen LogP contribution in [0.4, 0.5) is 0 Å². The molecule has 2 N–H and O–H groups in total. The zero-order valence-corrected chi connectivity index (χ0v) is 13.5. The van der Waals surface area contributed by atoms with E-state index in [0.29, 0.717) is 5.78 Å². The molecule has 3 rings (SSSR count). The third-order valence-corrected chi connectivity index (χ3v) is 3.79. The van der Waals surface area contributed by atoms with Crippen molar-refractivity contribution in [3.8, 4) is 0 Å². The minimum Gasteiger partial charge on any atom is -0.394 e. The Morgan fingerprint density at radius 3 is 2.71 bits per heavy atom. The van der Waals surface area contributed by atoms with Crippen LogP contribution in [0, 0.1) is 0 Å². The quantitative estimate of drug-likeness (QED) is 0.745. The Balaban J connectivity index is 1.91. The minimum absolute atomic E-state index is 0.159. The lowest BCUT2D eigenvalue weighted by Gasteiger charge is -2.17. The largest absolute Gasteiger partial charge is 0.394 e. The van der Waals surface area contributed by atoms with Gasteiger partial charge in [-0.15, -0.1) is 0 Å². The van der Waals surface area contributed by atoms with Gasteiger partial charge in [-0.3, -0.25) is 4.79 Å². The molecule has 3 aromatic rings. The van der Waals surface area contributed by atoms with Gasteiger partial charge in [0.25, 0.3) is 11.7 Å². The molecule has 1 amide bonds. The highest BCUT2D eigenvalue weighted by Gasteiger charge is 2.19. The topological polar surface area (TPSA) is 92.4 Å². The molecule has 0 saturated heterocycles. The zero-order chi connectivity index (χ0) is 17.1. The molecule has 2 aromatic heterocycles. The van der Waals surface area contributed by atoms with Crippen LogP contribution in [0.2, 0.25) is 0 Å². The minimum atomic E-state index is -0.489. The first-order chi connectivity index (χ1) is 11.6. The normalized spacial score (nSPS) is 12.5. The molecule has 0 unspecified atom stereocenters. The van der Waals surface area contributed by atoms with Crippen molar-refractivity contribution in [2.45, 2.75) is 25.8 Å². The standard InChI is InChI=1S/C17H19N5O2/c1-11(2)15-8-13(21-17-18-10-19-22(15)17)16(24)20-14(9-23)12-6-4-3-5-7-12/h3-8,10-11,14,23H,9H2,1-2H3,(H,20,24)/t14-/m1/s1. The first-order valence-electron chi connectivity index (χ1n) is 7.77. The molecule has 2 heterocycles. The summed E-state index contributed by atoms with van der Waals surface area (Å²) in [5.74, 6) is 0.184. The van der Waals surface area contributed by atoms with Crippen molar-refractivity contribution >= 4 is 11.7 Å². The van der Waals surface area contributed by atoms with Gasteiger partial charge in [0.1, 0.15) is 12.0 Å². The van der Waals surface area contributed by atoms with Gasteiger partial charge in [-0.25, -0.2) is 9.50 Å². The van der Waals surface area contributed by atoms with Gasteiger partial charge in [0.05, 0.1) is 18.3 Å². The fourth-order valence-corrected chi connectivity index (χ4v) is 2.51. The number of aromatic nitrogens is 4. The van der Waals surface area contributed by atoms with Crippen LogP contribution in [0.15, 0.2) is 42.7 Å². The molecule has 24 heavy (non-hydrogen) atoms. The van der Waals surface area contributed by atoms with Gasteiger partial charge in [-0.2, -0.15) is 10.1 Å². The van der Waals surface area contributed by atoms with Crippen molar-refractivity contribution in [1.29, 1.82) is 0 Å². The molecule has 0 aliphatic carbocycles. The van der Waals surface area contributed by atoms with Crippen LogP contribution in [-0.4, -0.2) is 37.2 Å². The molecule has 0 radical (unpaired) electrons. The summed E-state index contributed by atoms with van der Waals surface area (Å²) in [4.78, 5) is 20.9. The number of rotatable bonds is 5. The average Bonchev–Trinajstić information content (AvgIpc) is 3.07. The van der Waals surface area contributed by atoms with E-state index in [0.717, 1.165) is 11.3 Å². The molecular weight excluding hydrogens is 306 g/mol. The van der Waals surface area contributed by atoms with E-state index in [4.69, 9.17) is 0 Å². The van der Waals surface area contributed by atoms with Crippen LogP contribution >= 0.6 is 0 Å². The Hall–Kier alpha value is -2.80. The molecule has 1 aromatic carbocycles. The van der Waals surface area contributed by atoms with Gasteiger partial charge in [0.15, 0.2) is 0 Å². The van der Waals surface area contributed by atoms with Crippen molar-refractivity contribution in [2.24, 2.45) is 0 Å². The number of nitrogens with one attached hydrogen (secondary N) is 1. The lowest BCUT2D eigenvalue weighted by atomic mass is 10.1. The number of hydrogen-bond acceptors (Lipinski definition) is 5. The second kappa shape index (κ2) is 6.76. The lowest BCUT2D eigenvalue weighted by Crippen LogP contribution is -2.31. The molecule has 1 atom stereocenters. The van der Waals surface area contributed by atoms with E-state index >= 15 is 0 Å². The maximum absolute atomic E-state index is 12.6. The summed E-state index contributed by atoms with van der Waals surface area (Å²) in [7, 11) is 0. The summed E-state index contributed by atoms with van der Waals surface area (Å²) in [6.45, 7) is 3.83. The molecule has 0 bridgehead atoms. The predicted octanol–water partition coefficient (Wildman–Crippen LogP) is 1.71. The average molecular weight is 325 g/mol. The maximum Gasteiger partial charge on any atom is 0.270 e. The third-order valence-electron chi connectivity index (χ3n) is 3.79. The molecule has 0 aliphatic heterocycles. The fraction of sp³-hybridized carbons (Fsp3) is 0.294. The van der Waals surface area contributed by atoms with E-state index in [1.54, 1.807) is 10.6 Å². The number of carbonyl (C=O) groups is 1. The SMILES string of the molecule is CC(C)c1cc(C(=O)N[C@H](CO)c2ccccc2)nc2ncnn12. The van der Waals surface area contributed by atoms with Gasteiger partial charge in [0, 0.05) is 0 Å². The molecule has 124 valence electrons. The Labute approximate surface area is 139 Å². The number of carbonyl (C=O) groups excluding carboxylic acids is 1. The van der Waals surface area contributed by atoms with E-state index in [2.05, 4.69) is 20.4 Å². The van der Waals surface area contributed by atoms with Gasteiger partial charge >= 0.3 is 0 Å². The lowest BCUT2D eigenvalue weighted by molar-refractivity contribution is 0.0911. The first-order valence-corrected chi connectivity index (χ1v) is 7.77. The van der Waals surface area contributed by atoms with Crippen molar-refractivity contribution in [1.82, 2.24) is 24.9 Å². The molecule has 0 saturated carbocycles. The van der Waals surface area contributed by atoms with Gasteiger partial charge in [-0.1, -0.05) is 44.2 Å². The Kier molecular flexibility index (Phi) is 4.52. The summed E-state index contributed by atoms with van der Waals surface area (Å²) >= 11 is 0. The predicted molar refractivity (Wildman–Crippen MR) is 88.6 cm³/mol. The molecule has 0 aliphatic rings. The van der Waals surface area contributed by atoms with Crippen molar-refractivity contribution in [3.05, 3.63) is 59.7 Å². The maximum atomic E-state index is 12.6. The number of aliphatic hydroxyl groups is 1. The van der Waals surface area contributed by atoms with E-state index in [9.17, 15) is 9.90 Å². The highest BCUT2D eigenvalue weighted by Crippen LogP contribution is 2.17. The van der Waals surface area contributed by atoms with Crippen molar-refractivity contribution in [3.63, 3.8) is 0 Å². The van der Waals surface area contributed by atoms with Crippen molar-refractivity contribution in [2.75, 3.05) is 6.61 Å². The molecule has 0 fully saturated rings. The van der Waals surface area contributed by atoms with Crippen LogP contribution in [0.1, 0.15) is 47.6 Å². The molecule has 0 spiro atoms. The molecule has 7 heteroatoms. The third kappa shape index (κ3) is 3.11. The second-order valence-electron chi connectivity index (χ2n) is 5.81. The first kappa shape index (κ1) is 16.1. The monoisotopic (exact) mass is 325 g/mol. The number of nitrogens with zero attached hydrogens (tertiary/aromatic N) is 4. The Morgan fingerprint density at radius 1 is 1.29 bits per heavy atom. The summed E-state index contributed by atoms with van der Waals surface area (Å²) in [6, 6.07) is 10.5. The van der Waals surface area contributed by atoms with Crippen molar-refractivity contribution < 1.29 is 9.90 Å². The fourth-order valence-electron chi connectivity index (χ4n) is 2.51. The second-order valence-corrected chi connectivity index (χ2v) is 5.81. The highest BCUT2D eigenvalue weighted by atomic mass is 16.3. The van der Waals surface area contributed by atoms with Gasteiger partial charge in [0.2, 0.25) is 0 Å². The Bertz CT molecular complexity index is 845. The van der Waals surface area contributed by atoms with Crippen LogP contribution in [0.5, 0.6) is 0 Å². The molecular formula is C17H19N5O2. The summed E-state index contributed by atoms with van der Waals surface area (Å²) in [6.07, 6.45) is 1.41. The highest BCUT2D eigenvalue weighted by molar-refractivity contribution is 5.93. The number of amides is 1. The number of fused-ring (bicyclic) bond motifs is 1. The molecule has 7 nitrogen and oxygen atoms in total. The van der Waals surface area contributed by atoms with E-state index < -0.39 is 6.04 Å². The van der Waals surface area contributed by atoms with Crippen LogP contribution < -0.4 is 5.32 Å². The van der Waals surface area contributed by atoms with Gasteiger partial charge in [-0.05, 0) is 17.5 Å². The van der Waals surface area contributed by atoms with Crippen LogP contribution in [-0.2, 0) is 0 Å². The van der Waals surface area contributed by atoms with E-state index in [1.165, 1.54) is 6.33 Å². The van der Waals surface area contributed by atoms with Crippen LogP contribution in [0.25, 0.3) is 5.78 Å².